The van der Waals surface area contributed by atoms with Crippen LogP contribution in [0.25, 0.3) is 0 Å². The number of nitrogens with two attached hydrogens (primary N) is 1. The first-order valence-corrected chi connectivity index (χ1v) is 9.31. The van der Waals surface area contributed by atoms with Crippen molar-refractivity contribution in [1.82, 2.24) is 10.2 Å². The lowest BCUT2D eigenvalue weighted by Crippen LogP contribution is -2.46. The monoisotopic (exact) mass is 411 g/mol. The predicted octanol–water partition coefficient (Wildman–Crippen LogP) is 1.52. The topological polar surface area (TPSA) is 131 Å². The number of hydrogen-bond acceptors (Lipinski definition) is 6. The molecule has 2 aliphatic rings. The van der Waals surface area contributed by atoms with E-state index in [2.05, 4.69) is 10.6 Å². The van der Waals surface area contributed by atoms with Gasteiger partial charge in [-0.3, -0.25) is 19.7 Å². The highest BCUT2D eigenvalue weighted by atomic mass is 35.5. The van der Waals surface area contributed by atoms with Crippen molar-refractivity contribution in [2.75, 3.05) is 31.5 Å². The van der Waals surface area contributed by atoms with Crippen molar-refractivity contribution >= 4 is 35.6 Å². The molecule has 1 aromatic carbocycles. The van der Waals surface area contributed by atoms with E-state index in [1.807, 2.05) is 0 Å². The third-order valence-corrected chi connectivity index (χ3v) is 4.90. The van der Waals surface area contributed by atoms with Gasteiger partial charge in [0.1, 0.15) is 5.69 Å². The Hall–Kier alpha value is -2.39. The van der Waals surface area contributed by atoms with Gasteiger partial charge in [0.2, 0.25) is 5.91 Å². The molecule has 0 aromatic heterocycles. The standard InChI is InChI=1S/C18H25N5O4.ClH/c19-7-8-20-17(24)13-2-1-9-22(11-13)18(25)12-3-6-15(21-14-4-5-14)16(10-12)23(26)27;/h3,6,10,13-14,21H,1-2,4-5,7-9,11,19H2,(H,20,24);1H. The van der Waals surface area contributed by atoms with Gasteiger partial charge in [0.25, 0.3) is 11.6 Å². The van der Waals surface area contributed by atoms with Crippen LogP contribution < -0.4 is 16.4 Å². The van der Waals surface area contributed by atoms with E-state index in [1.165, 1.54) is 6.07 Å². The van der Waals surface area contributed by atoms with E-state index in [4.69, 9.17) is 5.73 Å². The second kappa shape index (κ2) is 9.70. The summed E-state index contributed by atoms with van der Waals surface area (Å²) in [5.41, 5.74) is 6.02. The normalized spacial score (nSPS) is 18.8. The second-order valence-corrected chi connectivity index (χ2v) is 7.08. The molecule has 1 saturated carbocycles. The summed E-state index contributed by atoms with van der Waals surface area (Å²) in [7, 11) is 0. The molecule has 0 bridgehead atoms. The Labute approximate surface area is 169 Å². The van der Waals surface area contributed by atoms with Gasteiger partial charge in [-0.25, -0.2) is 0 Å². The summed E-state index contributed by atoms with van der Waals surface area (Å²) in [5.74, 6) is -0.666. The van der Waals surface area contributed by atoms with Gasteiger partial charge >= 0.3 is 0 Å². The number of likely N-dealkylation sites (tertiary alicyclic amines) is 1. The Balaban J connectivity index is 0.00000280. The fourth-order valence-corrected chi connectivity index (χ4v) is 3.28. The number of piperidine rings is 1. The van der Waals surface area contributed by atoms with Gasteiger partial charge in [0.15, 0.2) is 0 Å². The number of benzene rings is 1. The number of carbonyl (C=O) groups is 2. The van der Waals surface area contributed by atoms with E-state index in [0.717, 1.165) is 19.3 Å². The van der Waals surface area contributed by atoms with Crippen LogP contribution in [0, 0.1) is 16.0 Å². The number of rotatable bonds is 7. The van der Waals surface area contributed by atoms with Crippen LogP contribution in [0.1, 0.15) is 36.0 Å². The maximum absolute atomic E-state index is 12.8. The summed E-state index contributed by atoms with van der Waals surface area (Å²) in [6.45, 7) is 1.62. The van der Waals surface area contributed by atoms with Crippen LogP contribution in [0.5, 0.6) is 0 Å². The molecule has 10 heteroatoms. The lowest BCUT2D eigenvalue weighted by Gasteiger charge is -2.32. The van der Waals surface area contributed by atoms with Gasteiger partial charge in [-0.15, -0.1) is 12.4 Å². The number of hydrogen-bond donors (Lipinski definition) is 3. The Bertz CT molecular complexity index is 741. The van der Waals surface area contributed by atoms with Crippen molar-refractivity contribution in [2.24, 2.45) is 11.7 Å². The highest BCUT2D eigenvalue weighted by molar-refractivity contribution is 5.96. The van der Waals surface area contributed by atoms with Gasteiger partial charge in [0, 0.05) is 43.9 Å². The summed E-state index contributed by atoms with van der Waals surface area (Å²) in [6.07, 6.45) is 3.43. The fourth-order valence-electron chi connectivity index (χ4n) is 3.28. The number of amides is 2. The molecule has 1 unspecified atom stereocenters. The van der Waals surface area contributed by atoms with E-state index in [1.54, 1.807) is 17.0 Å². The first-order chi connectivity index (χ1) is 13.0. The smallest absolute Gasteiger partial charge is 0.293 e. The molecule has 2 amide bonds. The zero-order valence-electron chi connectivity index (χ0n) is 15.6. The van der Waals surface area contributed by atoms with Crippen LogP contribution in [0.4, 0.5) is 11.4 Å². The minimum absolute atomic E-state index is 0. The quantitative estimate of drug-likeness (QED) is 0.460. The van der Waals surface area contributed by atoms with Gasteiger partial charge in [-0.2, -0.15) is 0 Å². The number of nitrogens with zero attached hydrogens (tertiary/aromatic N) is 2. The van der Waals surface area contributed by atoms with Crippen LogP contribution in [0.3, 0.4) is 0 Å². The molecule has 154 valence electrons. The van der Waals surface area contributed by atoms with E-state index in [-0.39, 0.29) is 47.4 Å². The fraction of sp³-hybridized carbons (Fsp3) is 0.556. The Morgan fingerprint density at radius 1 is 1.29 bits per heavy atom. The first-order valence-electron chi connectivity index (χ1n) is 9.31. The molecular formula is C18H26ClN5O4. The Kier molecular flexibility index (Phi) is 7.59. The third-order valence-electron chi connectivity index (χ3n) is 4.90. The van der Waals surface area contributed by atoms with Gasteiger partial charge in [0.05, 0.1) is 10.8 Å². The molecule has 3 rings (SSSR count). The largest absolute Gasteiger partial charge is 0.377 e. The Morgan fingerprint density at radius 2 is 2.04 bits per heavy atom. The number of nitro groups is 1. The zero-order valence-corrected chi connectivity index (χ0v) is 16.4. The lowest BCUT2D eigenvalue weighted by molar-refractivity contribution is -0.384. The maximum atomic E-state index is 12.8. The van der Waals surface area contributed by atoms with Crippen LogP contribution in [-0.2, 0) is 4.79 Å². The van der Waals surface area contributed by atoms with E-state index >= 15 is 0 Å². The first kappa shape index (κ1) is 21.9. The maximum Gasteiger partial charge on any atom is 0.293 e. The zero-order chi connectivity index (χ0) is 19.4. The molecule has 1 aliphatic carbocycles. The molecule has 0 spiro atoms. The second-order valence-electron chi connectivity index (χ2n) is 7.08. The van der Waals surface area contributed by atoms with Gasteiger partial charge in [-0.05, 0) is 37.8 Å². The van der Waals surface area contributed by atoms with E-state index in [0.29, 0.717) is 38.3 Å². The van der Waals surface area contributed by atoms with E-state index < -0.39 is 4.92 Å². The van der Waals surface area contributed by atoms with Crippen LogP contribution in [0.15, 0.2) is 18.2 Å². The SMILES string of the molecule is Cl.NCCNC(=O)C1CCCN(C(=O)c2ccc(NC3CC3)c([N+](=O)[O-])c2)C1. The molecule has 4 N–H and O–H groups in total. The average molecular weight is 412 g/mol. The van der Waals surface area contributed by atoms with Crippen molar-refractivity contribution in [3.05, 3.63) is 33.9 Å². The molecule has 1 saturated heterocycles. The molecule has 1 aliphatic heterocycles. The van der Waals surface area contributed by atoms with Crippen LogP contribution in [-0.4, -0.2) is 53.9 Å². The molecule has 2 fully saturated rings. The number of nitrogens with one attached hydrogen (secondary N) is 2. The van der Waals surface area contributed by atoms with E-state index in [9.17, 15) is 19.7 Å². The van der Waals surface area contributed by atoms with Crippen molar-refractivity contribution in [3.63, 3.8) is 0 Å². The average Bonchev–Trinajstić information content (AvgIpc) is 3.49. The summed E-state index contributed by atoms with van der Waals surface area (Å²) in [5, 5.41) is 17.3. The van der Waals surface area contributed by atoms with Crippen molar-refractivity contribution in [1.29, 1.82) is 0 Å². The molecule has 1 atom stereocenters. The number of carbonyl (C=O) groups excluding carboxylic acids is 2. The number of halogens is 1. The summed E-state index contributed by atoms with van der Waals surface area (Å²) < 4.78 is 0. The number of anilines is 1. The Morgan fingerprint density at radius 3 is 2.68 bits per heavy atom. The molecule has 1 aromatic rings. The predicted molar refractivity (Wildman–Crippen MR) is 108 cm³/mol. The molecule has 0 radical (unpaired) electrons. The number of nitro benzene ring substituents is 1. The van der Waals surface area contributed by atoms with Crippen molar-refractivity contribution < 1.29 is 14.5 Å². The lowest BCUT2D eigenvalue weighted by atomic mass is 9.96. The minimum Gasteiger partial charge on any atom is -0.377 e. The summed E-state index contributed by atoms with van der Waals surface area (Å²) in [6, 6.07) is 4.81. The van der Waals surface area contributed by atoms with Gasteiger partial charge < -0.3 is 21.3 Å². The highest BCUT2D eigenvalue weighted by Gasteiger charge is 2.30. The van der Waals surface area contributed by atoms with Crippen molar-refractivity contribution in [2.45, 2.75) is 31.7 Å². The summed E-state index contributed by atoms with van der Waals surface area (Å²) in [4.78, 5) is 37.5. The minimum atomic E-state index is -0.471. The van der Waals surface area contributed by atoms with Gasteiger partial charge in [-0.1, -0.05) is 0 Å². The van der Waals surface area contributed by atoms with Crippen molar-refractivity contribution in [3.8, 4) is 0 Å². The molecular weight excluding hydrogens is 386 g/mol. The van der Waals surface area contributed by atoms with Crippen LogP contribution in [0.2, 0.25) is 0 Å². The summed E-state index contributed by atoms with van der Waals surface area (Å²) >= 11 is 0. The van der Waals surface area contributed by atoms with Crippen LogP contribution >= 0.6 is 12.4 Å². The highest BCUT2D eigenvalue weighted by Crippen LogP contribution is 2.32. The third kappa shape index (κ3) is 5.32. The molecule has 28 heavy (non-hydrogen) atoms. The molecule has 9 nitrogen and oxygen atoms in total. The molecule has 1 heterocycles.